The maximum absolute atomic E-state index is 12.5. The minimum atomic E-state index is 0. The van der Waals surface area contributed by atoms with Crippen molar-refractivity contribution in [3.63, 3.8) is 0 Å². The summed E-state index contributed by atoms with van der Waals surface area (Å²) in [6, 6.07) is 15.0. The molecule has 2 heterocycles. The third-order valence-corrected chi connectivity index (χ3v) is 8.12. The molecule has 3 aromatic rings. The van der Waals surface area contributed by atoms with Gasteiger partial charge < -0.3 is 15.2 Å². The van der Waals surface area contributed by atoms with Crippen molar-refractivity contribution < 1.29 is 4.79 Å². The highest BCUT2D eigenvalue weighted by Crippen LogP contribution is 2.28. The Morgan fingerprint density at radius 1 is 1.11 bits per heavy atom. The maximum Gasteiger partial charge on any atom is 0.244 e. The Morgan fingerprint density at radius 3 is 2.68 bits per heavy atom. The normalized spacial score (nSPS) is 20.1. The zero-order valence-corrected chi connectivity index (χ0v) is 22.4. The summed E-state index contributed by atoms with van der Waals surface area (Å²) in [5.41, 5.74) is 6.90. The standard InChI is InChI=1S/C31H36N4O.ClH/c1-22-21-33-30-19-24(5-10-29(22)30)6-11-31(36)34-28-8-3-23(4-9-28)12-15-35-16-13-26-7-2-25(20-32)18-27(26)14-17-35;/h2,5-7,10-11,18-19,21,23,28,33H,3-4,8-9,12-17H2,1H3,(H,34,36);1H/b11-6+;. The summed E-state index contributed by atoms with van der Waals surface area (Å²) in [4.78, 5) is 18.4. The molecule has 2 aromatic carbocycles. The molecule has 5 rings (SSSR count). The van der Waals surface area contributed by atoms with Gasteiger partial charge in [-0.15, -0.1) is 12.4 Å². The van der Waals surface area contributed by atoms with Gasteiger partial charge in [-0.05, 0) is 111 Å². The SMILES string of the molecule is Cc1c[nH]c2cc(/C=C/C(=O)NC3CCC(CCN4CCc5ccc(C#N)cc5CC4)CC3)ccc12.Cl. The van der Waals surface area contributed by atoms with E-state index in [4.69, 9.17) is 0 Å². The van der Waals surface area contributed by atoms with E-state index in [1.807, 2.05) is 18.3 Å². The molecule has 6 heteroatoms. The van der Waals surface area contributed by atoms with Crippen molar-refractivity contribution in [1.29, 1.82) is 5.26 Å². The third kappa shape index (κ3) is 6.83. The van der Waals surface area contributed by atoms with Crippen molar-refractivity contribution in [2.75, 3.05) is 19.6 Å². The number of halogens is 1. The number of fused-ring (bicyclic) bond motifs is 2. The summed E-state index contributed by atoms with van der Waals surface area (Å²) >= 11 is 0. The molecule has 0 saturated heterocycles. The summed E-state index contributed by atoms with van der Waals surface area (Å²) in [5.74, 6) is 0.755. The van der Waals surface area contributed by atoms with Gasteiger partial charge in [0.1, 0.15) is 0 Å². The van der Waals surface area contributed by atoms with E-state index in [1.165, 1.54) is 41.3 Å². The molecule has 0 unspecified atom stereocenters. The van der Waals surface area contributed by atoms with E-state index in [0.717, 1.165) is 67.9 Å². The first kappa shape index (κ1) is 27.0. The fourth-order valence-electron chi connectivity index (χ4n) is 5.84. The van der Waals surface area contributed by atoms with Gasteiger partial charge in [0.2, 0.25) is 5.91 Å². The Kier molecular flexibility index (Phi) is 9.08. The summed E-state index contributed by atoms with van der Waals surface area (Å²) in [6.45, 7) is 5.43. The van der Waals surface area contributed by atoms with E-state index < -0.39 is 0 Å². The first-order valence-electron chi connectivity index (χ1n) is 13.4. The fourth-order valence-corrected chi connectivity index (χ4v) is 5.84. The van der Waals surface area contributed by atoms with Crippen LogP contribution in [0.15, 0.2) is 48.7 Å². The molecule has 0 radical (unpaired) electrons. The molecule has 1 saturated carbocycles. The van der Waals surface area contributed by atoms with Crippen LogP contribution >= 0.6 is 12.4 Å². The number of carbonyl (C=O) groups is 1. The molecule has 1 aromatic heterocycles. The first-order valence-corrected chi connectivity index (χ1v) is 13.4. The lowest BCUT2D eigenvalue weighted by Gasteiger charge is -2.30. The quantitative estimate of drug-likeness (QED) is 0.398. The van der Waals surface area contributed by atoms with E-state index in [9.17, 15) is 10.1 Å². The van der Waals surface area contributed by atoms with Crippen molar-refractivity contribution in [2.24, 2.45) is 5.92 Å². The van der Waals surface area contributed by atoms with E-state index in [2.05, 4.69) is 58.5 Å². The topological polar surface area (TPSA) is 71.9 Å². The van der Waals surface area contributed by atoms with Crippen LogP contribution in [-0.2, 0) is 17.6 Å². The molecule has 1 aliphatic carbocycles. The lowest BCUT2D eigenvalue weighted by atomic mass is 9.84. The number of hydrogen-bond acceptors (Lipinski definition) is 3. The minimum Gasteiger partial charge on any atom is -0.361 e. The number of nitrogens with zero attached hydrogens (tertiary/aromatic N) is 2. The van der Waals surface area contributed by atoms with Gasteiger partial charge in [0.25, 0.3) is 0 Å². The van der Waals surface area contributed by atoms with E-state index >= 15 is 0 Å². The van der Waals surface area contributed by atoms with E-state index in [0.29, 0.717) is 0 Å². The van der Waals surface area contributed by atoms with Crippen LogP contribution in [0.25, 0.3) is 17.0 Å². The Bertz CT molecular complexity index is 1300. The van der Waals surface area contributed by atoms with Crippen molar-refractivity contribution >= 4 is 35.3 Å². The van der Waals surface area contributed by atoms with Gasteiger partial charge in [-0.1, -0.05) is 18.2 Å². The second-order valence-electron chi connectivity index (χ2n) is 10.6. The average molecular weight is 517 g/mol. The first-order chi connectivity index (χ1) is 17.6. The Hall–Kier alpha value is -3.07. The Labute approximate surface area is 226 Å². The molecule has 2 aliphatic rings. The van der Waals surface area contributed by atoms with Gasteiger partial charge in [0.15, 0.2) is 0 Å². The van der Waals surface area contributed by atoms with Crippen LogP contribution in [0.4, 0.5) is 0 Å². The van der Waals surface area contributed by atoms with Crippen molar-refractivity contribution in [2.45, 2.75) is 57.9 Å². The highest BCUT2D eigenvalue weighted by molar-refractivity contribution is 5.93. The third-order valence-electron chi connectivity index (χ3n) is 8.12. The molecule has 5 nitrogen and oxygen atoms in total. The number of amides is 1. The summed E-state index contributed by atoms with van der Waals surface area (Å²) < 4.78 is 0. The average Bonchev–Trinajstić information content (AvgIpc) is 3.14. The number of nitriles is 1. The molecule has 0 bridgehead atoms. The molecule has 1 fully saturated rings. The zero-order valence-electron chi connectivity index (χ0n) is 21.6. The number of aromatic amines is 1. The second kappa shape index (κ2) is 12.4. The number of nitrogens with one attached hydrogen (secondary N) is 2. The van der Waals surface area contributed by atoms with Crippen LogP contribution in [0.1, 0.15) is 59.9 Å². The van der Waals surface area contributed by atoms with Gasteiger partial charge in [-0.25, -0.2) is 0 Å². The van der Waals surface area contributed by atoms with Crippen LogP contribution in [-0.4, -0.2) is 41.5 Å². The Balaban J connectivity index is 0.00000320. The number of hydrogen-bond donors (Lipinski definition) is 2. The van der Waals surface area contributed by atoms with Crippen molar-refractivity contribution in [1.82, 2.24) is 15.2 Å². The lowest BCUT2D eigenvalue weighted by Crippen LogP contribution is -2.37. The molecule has 0 atom stereocenters. The van der Waals surface area contributed by atoms with Crippen LogP contribution in [0.2, 0.25) is 0 Å². The number of benzene rings is 2. The van der Waals surface area contributed by atoms with E-state index in [-0.39, 0.29) is 24.4 Å². The van der Waals surface area contributed by atoms with Crippen LogP contribution < -0.4 is 5.32 Å². The number of aromatic nitrogens is 1. The molecule has 1 amide bonds. The number of carbonyl (C=O) groups excluding carboxylic acids is 1. The largest absolute Gasteiger partial charge is 0.361 e. The minimum absolute atomic E-state index is 0. The van der Waals surface area contributed by atoms with Crippen LogP contribution in [0.5, 0.6) is 0 Å². The maximum atomic E-state index is 12.5. The predicted molar refractivity (Wildman–Crippen MR) is 153 cm³/mol. The summed E-state index contributed by atoms with van der Waals surface area (Å²) in [6.07, 6.45) is 13.5. The molecule has 0 spiro atoms. The summed E-state index contributed by atoms with van der Waals surface area (Å²) in [5, 5.41) is 13.6. The van der Waals surface area contributed by atoms with Gasteiger partial charge in [-0.2, -0.15) is 5.26 Å². The highest BCUT2D eigenvalue weighted by Gasteiger charge is 2.23. The van der Waals surface area contributed by atoms with Gasteiger partial charge in [-0.3, -0.25) is 4.79 Å². The molecular weight excluding hydrogens is 480 g/mol. The fraction of sp³-hybridized carbons (Fsp3) is 0.419. The second-order valence-corrected chi connectivity index (χ2v) is 10.6. The summed E-state index contributed by atoms with van der Waals surface area (Å²) in [7, 11) is 0. The smallest absolute Gasteiger partial charge is 0.244 e. The van der Waals surface area contributed by atoms with Crippen LogP contribution in [0.3, 0.4) is 0 Å². The molecular formula is C31H37ClN4O. The molecule has 2 N–H and O–H groups in total. The highest BCUT2D eigenvalue weighted by atomic mass is 35.5. The molecule has 194 valence electrons. The van der Waals surface area contributed by atoms with Crippen molar-refractivity contribution in [3.05, 3.63) is 76.5 Å². The Morgan fingerprint density at radius 2 is 1.89 bits per heavy atom. The van der Waals surface area contributed by atoms with Gasteiger partial charge in [0.05, 0.1) is 11.6 Å². The number of rotatable bonds is 6. The monoisotopic (exact) mass is 516 g/mol. The van der Waals surface area contributed by atoms with E-state index in [1.54, 1.807) is 6.08 Å². The lowest BCUT2D eigenvalue weighted by molar-refractivity contribution is -0.117. The molecule has 37 heavy (non-hydrogen) atoms. The number of aryl methyl sites for hydroxylation is 1. The van der Waals surface area contributed by atoms with Gasteiger partial charge >= 0.3 is 0 Å². The molecule has 1 aliphatic heterocycles. The zero-order chi connectivity index (χ0) is 24.9. The predicted octanol–water partition coefficient (Wildman–Crippen LogP) is 5.95. The number of H-pyrrole nitrogens is 1. The van der Waals surface area contributed by atoms with Gasteiger partial charge in [0, 0.05) is 42.3 Å². The van der Waals surface area contributed by atoms with Crippen molar-refractivity contribution in [3.8, 4) is 6.07 Å². The van der Waals surface area contributed by atoms with Crippen LogP contribution in [0, 0.1) is 24.2 Å².